The van der Waals surface area contributed by atoms with E-state index in [0.717, 1.165) is 21.7 Å². The Morgan fingerprint density at radius 3 is 2.16 bits per heavy atom. The average molecular weight is 416 g/mol. The van der Waals surface area contributed by atoms with Gasteiger partial charge in [0.15, 0.2) is 4.80 Å². The molecule has 0 aliphatic rings. The summed E-state index contributed by atoms with van der Waals surface area (Å²) >= 11 is 13.5. The summed E-state index contributed by atoms with van der Waals surface area (Å²) in [5.74, 6) is 0. The lowest BCUT2D eigenvalue weighted by Gasteiger charge is -2.08. The minimum atomic E-state index is 0. The number of aliphatic hydroxyl groups excluding tert-OH is 1. The van der Waals surface area contributed by atoms with E-state index in [-0.39, 0.29) is 19.0 Å². The van der Waals surface area contributed by atoms with Crippen LogP contribution in [0.5, 0.6) is 0 Å². The Labute approximate surface area is 166 Å². The van der Waals surface area contributed by atoms with Gasteiger partial charge in [-0.15, -0.1) is 23.7 Å². The molecule has 0 saturated heterocycles. The summed E-state index contributed by atoms with van der Waals surface area (Å²) in [6.07, 6.45) is 0.672. The third-order valence-electron chi connectivity index (χ3n) is 3.53. The summed E-state index contributed by atoms with van der Waals surface area (Å²) in [6.45, 7) is 0.841. The molecule has 0 unspecified atom stereocenters. The third-order valence-corrected chi connectivity index (χ3v) is 4.90. The van der Waals surface area contributed by atoms with Crippen LogP contribution in [0.4, 0.5) is 5.69 Å². The summed E-state index contributed by atoms with van der Waals surface area (Å²) < 4.78 is 2.12. The Morgan fingerprint density at radius 1 is 0.960 bits per heavy atom. The van der Waals surface area contributed by atoms with E-state index < -0.39 is 0 Å². The van der Waals surface area contributed by atoms with E-state index >= 15 is 0 Å². The summed E-state index contributed by atoms with van der Waals surface area (Å²) in [4.78, 5) is 5.60. The Bertz CT molecular complexity index is 871. The van der Waals surface area contributed by atoms with Crippen LogP contribution in [0.1, 0.15) is 6.42 Å². The second-order valence-electron chi connectivity index (χ2n) is 5.23. The molecule has 0 fully saturated rings. The predicted octanol–water partition coefficient (Wildman–Crippen LogP) is 5.56. The summed E-state index contributed by atoms with van der Waals surface area (Å²) in [5, 5.41) is 12.7. The van der Waals surface area contributed by atoms with E-state index in [9.17, 15) is 5.11 Å². The zero-order chi connectivity index (χ0) is 16.9. The van der Waals surface area contributed by atoms with Gasteiger partial charge in [-0.05, 0) is 48.4 Å². The molecule has 1 N–H and O–H groups in total. The van der Waals surface area contributed by atoms with Crippen LogP contribution < -0.4 is 4.80 Å². The molecule has 0 bridgehead atoms. The molecule has 2 aromatic carbocycles. The van der Waals surface area contributed by atoms with Crippen molar-refractivity contribution in [2.75, 3.05) is 6.61 Å². The van der Waals surface area contributed by atoms with E-state index in [0.29, 0.717) is 23.0 Å². The van der Waals surface area contributed by atoms with Crippen molar-refractivity contribution in [3.05, 3.63) is 68.8 Å². The highest BCUT2D eigenvalue weighted by atomic mass is 35.5. The number of rotatable bonds is 5. The van der Waals surface area contributed by atoms with Gasteiger partial charge in [-0.2, -0.15) is 0 Å². The van der Waals surface area contributed by atoms with E-state index in [1.54, 1.807) is 11.3 Å². The molecule has 3 nitrogen and oxygen atoms in total. The van der Waals surface area contributed by atoms with Crippen molar-refractivity contribution in [3.8, 4) is 11.3 Å². The molecule has 25 heavy (non-hydrogen) atoms. The second-order valence-corrected chi connectivity index (χ2v) is 6.94. The smallest absolute Gasteiger partial charge is 0.190 e. The van der Waals surface area contributed by atoms with Crippen LogP contribution in [0, 0.1) is 0 Å². The highest BCUT2D eigenvalue weighted by molar-refractivity contribution is 7.07. The maximum atomic E-state index is 9.20. The van der Waals surface area contributed by atoms with Gasteiger partial charge >= 0.3 is 0 Å². The van der Waals surface area contributed by atoms with Crippen LogP contribution in [0.15, 0.2) is 58.9 Å². The molecular weight excluding hydrogens is 399 g/mol. The molecule has 7 heteroatoms. The lowest BCUT2D eigenvalue weighted by atomic mass is 10.2. The van der Waals surface area contributed by atoms with Gasteiger partial charge in [0.05, 0.1) is 11.4 Å². The molecule has 0 saturated carbocycles. The fourth-order valence-electron chi connectivity index (χ4n) is 2.34. The normalized spacial score (nSPS) is 11.4. The Morgan fingerprint density at radius 2 is 1.56 bits per heavy atom. The molecule has 3 rings (SSSR count). The van der Waals surface area contributed by atoms with Gasteiger partial charge in [0.2, 0.25) is 0 Å². The zero-order valence-corrected chi connectivity index (χ0v) is 16.4. The molecule has 0 spiro atoms. The van der Waals surface area contributed by atoms with Gasteiger partial charge in [0, 0.05) is 28.6 Å². The maximum absolute atomic E-state index is 9.20. The van der Waals surface area contributed by atoms with Crippen LogP contribution in [-0.4, -0.2) is 16.3 Å². The molecule has 1 aromatic heterocycles. The highest BCUT2D eigenvalue weighted by Crippen LogP contribution is 2.23. The van der Waals surface area contributed by atoms with Gasteiger partial charge in [-0.3, -0.25) is 0 Å². The summed E-state index contributed by atoms with van der Waals surface area (Å²) in [7, 11) is 0. The van der Waals surface area contributed by atoms with Crippen LogP contribution in [0.25, 0.3) is 11.3 Å². The number of thiazole rings is 1. The van der Waals surface area contributed by atoms with E-state index in [1.165, 1.54) is 0 Å². The minimum Gasteiger partial charge on any atom is -0.396 e. The molecule has 0 aliphatic heterocycles. The molecule has 0 radical (unpaired) electrons. The second kappa shape index (κ2) is 9.41. The molecule has 0 amide bonds. The van der Waals surface area contributed by atoms with Crippen molar-refractivity contribution in [1.82, 2.24) is 4.57 Å². The van der Waals surface area contributed by atoms with Crippen molar-refractivity contribution in [2.45, 2.75) is 13.0 Å². The molecule has 132 valence electrons. The van der Waals surface area contributed by atoms with Crippen molar-refractivity contribution >= 4 is 52.6 Å². The van der Waals surface area contributed by atoms with Gasteiger partial charge < -0.3 is 9.67 Å². The largest absolute Gasteiger partial charge is 0.396 e. The Kier molecular flexibility index (Phi) is 7.54. The summed E-state index contributed by atoms with van der Waals surface area (Å²) in [6, 6.07) is 15.2. The van der Waals surface area contributed by atoms with Crippen LogP contribution >= 0.6 is 46.9 Å². The van der Waals surface area contributed by atoms with Crippen LogP contribution in [0.3, 0.4) is 0 Å². The number of aromatic nitrogens is 1. The van der Waals surface area contributed by atoms with Gasteiger partial charge in [0.25, 0.3) is 0 Å². The molecular formula is C18H17Cl3N2OS. The van der Waals surface area contributed by atoms with E-state index in [1.807, 2.05) is 48.5 Å². The standard InChI is InChI=1S/C18H16Cl2N2OS.ClH/c19-14-4-2-13(3-5-14)17-12-24-18(22(17)10-1-11-23)21-16-8-6-15(20)7-9-16;/h2-9,12,23H,1,10-11H2;1H. The SMILES string of the molecule is Cl.OCCCn1c(-c2ccc(Cl)cc2)csc1=Nc1ccc(Cl)cc1. The molecule has 1 heterocycles. The fourth-order valence-corrected chi connectivity index (χ4v) is 3.55. The van der Waals surface area contributed by atoms with Gasteiger partial charge in [-0.25, -0.2) is 4.99 Å². The first-order valence-corrected chi connectivity index (χ1v) is 9.16. The van der Waals surface area contributed by atoms with Gasteiger partial charge in [-0.1, -0.05) is 35.3 Å². The predicted molar refractivity (Wildman–Crippen MR) is 108 cm³/mol. The lowest BCUT2D eigenvalue weighted by Crippen LogP contribution is -2.16. The van der Waals surface area contributed by atoms with Crippen molar-refractivity contribution < 1.29 is 5.11 Å². The Hall–Kier alpha value is -1.30. The number of halogens is 3. The first-order chi connectivity index (χ1) is 11.7. The quantitative estimate of drug-likeness (QED) is 0.582. The highest BCUT2D eigenvalue weighted by Gasteiger charge is 2.08. The van der Waals surface area contributed by atoms with Gasteiger partial charge in [0.1, 0.15) is 0 Å². The number of hydrogen-bond donors (Lipinski definition) is 1. The number of hydrogen-bond acceptors (Lipinski definition) is 3. The van der Waals surface area contributed by atoms with E-state index in [2.05, 4.69) is 9.95 Å². The lowest BCUT2D eigenvalue weighted by molar-refractivity contribution is 0.279. The molecule has 0 aliphatic carbocycles. The first-order valence-electron chi connectivity index (χ1n) is 7.53. The van der Waals surface area contributed by atoms with Crippen LogP contribution in [-0.2, 0) is 6.54 Å². The van der Waals surface area contributed by atoms with Crippen molar-refractivity contribution in [2.24, 2.45) is 4.99 Å². The molecule has 3 aromatic rings. The Balaban J connectivity index is 0.00000225. The average Bonchev–Trinajstić information content (AvgIpc) is 2.98. The number of benzene rings is 2. The van der Waals surface area contributed by atoms with Crippen molar-refractivity contribution in [1.29, 1.82) is 0 Å². The first kappa shape index (κ1) is 20.0. The fraction of sp³-hybridized carbons (Fsp3) is 0.167. The number of aliphatic hydroxyl groups is 1. The van der Waals surface area contributed by atoms with E-state index in [4.69, 9.17) is 28.2 Å². The molecule has 0 atom stereocenters. The van der Waals surface area contributed by atoms with Crippen LogP contribution in [0.2, 0.25) is 10.0 Å². The monoisotopic (exact) mass is 414 g/mol. The minimum absolute atomic E-state index is 0. The maximum Gasteiger partial charge on any atom is 0.190 e. The summed E-state index contributed by atoms with van der Waals surface area (Å²) in [5.41, 5.74) is 2.99. The zero-order valence-electron chi connectivity index (χ0n) is 13.2. The number of nitrogens with zero attached hydrogens (tertiary/aromatic N) is 2. The topological polar surface area (TPSA) is 37.5 Å². The third kappa shape index (κ3) is 5.09. The van der Waals surface area contributed by atoms with Crippen molar-refractivity contribution in [3.63, 3.8) is 0 Å².